The van der Waals surface area contributed by atoms with Gasteiger partial charge in [-0.1, -0.05) is 164 Å². The van der Waals surface area contributed by atoms with Crippen molar-refractivity contribution < 1.29 is 0 Å². The number of aromatic nitrogens is 1. The van der Waals surface area contributed by atoms with Crippen LogP contribution in [0.4, 0.5) is 0 Å². The van der Waals surface area contributed by atoms with Crippen LogP contribution in [0.2, 0.25) is 0 Å². The maximum Gasteiger partial charge on any atom is 0.0714 e. The molecule has 0 aliphatic heterocycles. The number of pyridine rings is 1. The van der Waals surface area contributed by atoms with E-state index in [4.69, 9.17) is 4.98 Å². The van der Waals surface area contributed by atoms with Crippen LogP contribution in [0.5, 0.6) is 0 Å². The van der Waals surface area contributed by atoms with E-state index >= 15 is 0 Å². The van der Waals surface area contributed by atoms with Crippen molar-refractivity contribution in [1.29, 1.82) is 0 Å². The number of nitrogens with zero attached hydrogens (tertiary/aromatic N) is 1. The molecule has 1 heterocycles. The third-order valence-corrected chi connectivity index (χ3v) is 11.3. The SMILES string of the molecule is c1ccc2cc(-c3c4ccccc4c(-c4ccc5ccccc5c4)c4cc(-c5ccc(-c6cc7ncccc7c7ccccc67)cc5)ccc34)ccc2c1. The second-order valence-electron chi connectivity index (χ2n) is 14.3. The number of fused-ring (bicyclic) bond motifs is 7. The minimum Gasteiger partial charge on any atom is -0.256 e. The number of rotatable bonds is 4. The maximum atomic E-state index is 4.73. The molecule has 11 aromatic rings. The zero-order chi connectivity index (χ0) is 35.6. The summed E-state index contributed by atoms with van der Waals surface area (Å²) in [7, 11) is 0. The molecule has 10 aromatic carbocycles. The van der Waals surface area contributed by atoms with Crippen LogP contribution in [0.1, 0.15) is 0 Å². The van der Waals surface area contributed by atoms with E-state index in [2.05, 4.69) is 188 Å². The molecule has 0 bridgehead atoms. The van der Waals surface area contributed by atoms with Gasteiger partial charge in [-0.3, -0.25) is 4.98 Å². The molecular formula is C53H33N. The van der Waals surface area contributed by atoms with Crippen LogP contribution < -0.4 is 0 Å². The molecule has 0 amide bonds. The van der Waals surface area contributed by atoms with E-state index in [0.717, 1.165) is 5.52 Å². The maximum absolute atomic E-state index is 4.73. The van der Waals surface area contributed by atoms with E-state index in [9.17, 15) is 0 Å². The molecule has 1 heteroatoms. The monoisotopic (exact) mass is 683 g/mol. The molecule has 0 saturated carbocycles. The van der Waals surface area contributed by atoms with Gasteiger partial charge in [0, 0.05) is 11.6 Å². The van der Waals surface area contributed by atoms with Crippen LogP contribution >= 0.6 is 0 Å². The molecule has 0 aliphatic carbocycles. The van der Waals surface area contributed by atoms with Gasteiger partial charge < -0.3 is 0 Å². The highest BCUT2D eigenvalue weighted by Gasteiger charge is 2.18. The van der Waals surface area contributed by atoms with Crippen molar-refractivity contribution in [3.63, 3.8) is 0 Å². The normalized spacial score (nSPS) is 11.7. The number of hydrogen-bond donors (Lipinski definition) is 0. The molecule has 0 atom stereocenters. The van der Waals surface area contributed by atoms with E-state index in [-0.39, 0.29) is 0 Å². The Bertz CT molecular complexity index is 3260. The minimum atomic E-state index is 1.01. The van der Waals surface area contributed by atoms with E-state index in [1.807, 2.05) is 12.3 Å². The lowest BCUT2D eigenvalue weighted by molar-refractivity contribution is 1.42. The largest absolute Gasteiger partial charge is 0.256 e. The summed E-state index contributed by atoms with van der Waals surface area (Å²) in [6, 6.07) is 71.3. The van der Waals surface area contributed by atoms with Crippen molar-refractivity contribution in [3.8, 4) is 44.5 Å². The number of hydrogen-bond acceptors (Lipinski definition) is 1. The first-order valence-corrected chi connectivity index (χ1v) is 18.6. The third kappa shape index (κ3) is 4.90. The summed E-state index contributed by atoms with van der Waals surface area (Å²) in [5.74, 6) is 0. The Hall–Kier alpha value is -7.09. The molecule has 0 saturated heterocycles. The van der Waals surface area contributed by atoms with Crippen molar-refractivity contribution in [3.05, 3.63) is 200 Å². The highest BCUT2D eigenvalue weighted by Crippen LogP contribution is 2.46. The van der Waals surface area contributed by atoms with Gasteiger partial charge in [0.05, 0.1) is 5.52 Å². The van der Waals surface area contributed by atoms with Gasteiger partial charge in [0.1, 0.15) is 0 Å². The first-order chi connectivity index (χ1) is 26.8. The summed E-state index contributed by atoms with van der Waals surface area (Å²) in [6.07, 6.45) is 1.88. The summed E-state index contributed by atoms with van der Waals surface area (Å²) in [6.45, 7) is 0. The quantitative estimate of drug-likeness (QED) is 0.133. The van der Waals surface area contributed by atoms with Gasteiger partial charge in [-0.15, -0.1) is 0 Å². The van der Waals surface area contributed by atoms with Crippen molar-refractivity contribution in [2.45, 2.75) is 0 Å². The van der Waals surface area contributed by atoms with E-state index in [0.29, 0.717) is 0 Å². The van der Waals surface area contributed by atoms with Gasteiger partial charge in [0.2, 0.25) is 0 Å². The van der Waals surface area contributed by atoms with E-state index < -0.39 is 0 Å². The van der Waals surface area contributed by atoms with Gasteiger partial charge in [0.25, 0.3) is 0 Å². The third-order valence-electron chi connectivity index (χ3n) is 11.3. The second-order valence-corrected chi connectivity index (χ2v) is 14.3. The van der Waals surface area contributed by atoms with Gasteiger partial charge in [0.15, 0.2) is 0 Å². The fourth-order valence-electron chi connectivity index (χ4n) is 8.68. The van der Waals surface area contributed by atoms with Crippen molar-refractivity contribution in [2.24, 2.45) is 0 Å². The lowest BCUT2D eigenvalue weighted by Gasteiger charge is -2.19. The highest BCUT2D eigenvalue weighted by atomic mass is 14.6. The molecule has 0 spiro atoms. The Morgan fingerprint density at radius 3 is 1.41 bits per heavy atom. The zero-order valence-electron chi connectivity index (χ0n) is 29.5. The lowest BCUT2D eigenvalue weighted by atomic mass is 9.84. The van der Waals surface area contributed by atoms with Crippen LogP contribution in [0.25, 0.3) is 109 Å². The fraction of sp³-hybridized carbons (Fsp3) is 0. The molecule has 0 radical (unpaired) electrons. The summed E-state index contributed by atoms with van der Waals surface area (Å²) in [4.78, 5) is 4.73. The van der Waals surface area contributed by atoms with Crippen LogP contribution in [0, 0.1) is 0 Å². The molecule has 11 rings (SSSR count). The minimum absolute atomic E-state index is 1.01. The molecule has 54 heavy (non-hydrogen) atoms. The predicted molar refractivity (Wildman–Crippen MR) is 231 cm³/mol. The first-order valence-electron chi connectivity index (χ1n) is 18.6. The average Bonchev–Trinajstić information content (AvgIpc) is 3.25. The molecule has 0 aliphatic rings. The van der Waals surface area contributed by atoms with Crippen LogP contribution in [-0.2, 0) is 0 Å². The Balaban J connectivity index is 1.14. The standard InChI is InChI=1S/C53H33N/c1-3-12-38-30-41(25-21-34(38)10-1)52-46-16-7-8-17-47(46)53(42-26-22-35-11-2-4-13-39(35)31-42)50-32-40(27-28-48(50)52)36-19-23-37(24-20-36)49-33-51-45(18-9-29-54-51)43-14-5-6-15-44(43)49/h1-33H. The average molecular weight is 684 g/mol. The lowest BCUT2D eigenvalue weighted by Crippen LogP contribution is -1.92. The molecule has 250 valence electrons. The Morgan fingerprint density at radius 1 is 0.259 bits per heavy atom. The van der Waals surface area contributed by atoms with Crippen LogP contribution in [-0.4, -0.2) is 4.98 Å². The summed E-state index contributed by atoms with van der Waals surface area (Å²) < 4.78 is 0. The van der Waals surface area contributed by atoms with Crippen molar-refractivity contribution in [2.75, 3.05) is 0 Å². The van der Waals surface area contributed by atoms with E-state index in [1.54, 1.807) is 0 Å². The Kier molecular flexibility index (Phi) is 6.93. The predicted octanol–water partition coefficient (Wildman–Crippen LogP) is 14.7. The van der Waals surface area contributed by atoms with Gasteiger partial charge in [-0.05, 0) is 129 Å². The Labute approximate surface area is 313 Å². The molecule has 0 fully saturated rings. The van der Waals surface area contributed by atoms with E-state index in [1.165, 1.54) is 104 Å². The molecule has 1 nitrogen and oxygen atoms in total. The van der Waals surface area contributed by atoms with Crippen LogP contribution in [0.15, 0.2) is 200 Å². The highest BCUT2D eigenvalue weighted by molar-refractivity contribution is 6.22. The van der Waals surface area contributed by atoms with Gasteiger partial charge >= 0.3 is 0 Å². The summed E-state index contributed by atoms with van der Waals surface area (Å²) in [5, 5.41) is 13.7. The molecule has 1 aromatic heterocycles. The van der Waals surface area contributed by atoms with Gasteiger partial charge in [-0.2, -0.15) is 0 Å². The van der Waals surface area contributed by atoms with Gasteiger partial charge in [-0.25, -0.2) is 0 Å². The zero-order valence-corrected chi connectivity index (χ0v) is 29.5. The summed E-state index contributed by atoms with van der Waals surface area (Å²) >= 11 is 0. The topological polar surface area (TPSA) is 12.9 Å². The summed E-state index contributed by atoms with van der Waals surface area (Å²) in [5.41, 5.74) is 10.8. The smallest absolute Gasteiger partial charge is 0.0714 e. The second kappa shape index (κ2) is 12.3. The number of benzene rings is 10. The van der Waals surface area contributed by atoms with Crippen molar-refractivity contribution >= 4 is 64.8 Å². The Morgan fingerprint density at radius 2 is 0.741 bits per heavy atom. The molecular weight excluding hydrogens is 651 g/mol. The fourth-order valence-corrected chi connectivity index (χ4v) is 8.68. The molecule has 0 N–H and O–H groups in total. The van der Waals surface area contributed by atoms with Crippen LogP contribution in [0.3, 0.4) is 0 Å². The molecule has 0 unspecified atom stereocenters. The first kappa shape index (κ1) is 30.5. The van der Waals surface area contributed by atoms with Crippen molar-refractivity contribution in [1.82, 2.24) is 4.98 Å².